The predicted octanol–water partition coefficient (Wildman–Crippen LogP) is 4.47. The number of ketones is 1. The molecule has 3 aromatic carbocycles. The highest BCUT2D eigenvalue weighted by molar-refractivity contribution is 6.18. The van der Waals surface area contributed by atoms with Crippen molar-refractivity contribution >= 4 is 39.2 Å². The molecular weight excluding hydrogens is 418 g/mol. The summed E-state index contributed by atoms with van der Waals surface area (Å²) >= 11 is 0. The molecule has 0 saturated carbocycles. The number of aryl methyl sites for hydroxylation is 2. The second-order valence-electron chi connectivity index (χ2n) is 7.77. The van der Waals surface area contributed by atoms with Crippen LogP contribution in [0.1, 0.15) is 32.2 Å². The van der Waals surface area contributed by atoms with E-state index in [-0.39, 0.29) is 22.9 Å². The SMILES string of the molecule is Cc1ccc(C(=O)c2oc3ccccc3c2NC(=O)c2nn(C)c3ccccc3c2=O)cc1. The van der Waals surface area contributed by atoms with E-state index in [2.05, 4.69) is 10.4 Å². The van der Waals surface area contributed by atoms with Crippen LogP contribution < -0.4 is 10.7 Å². The molecule has 0 unspecified atom stereocenters. The Bertz CT molecular complexity index is 1610. The number of aromatic nitrogens is 2. The van der Waals surface area contributed by atoms with E-state index < -0.39 is 11.3 Å². The van der Waals surface area contributed by atoms with E-state index in [4.69, 9.17) is 4.42 Å². The topological polar surface area (TPSA) is 94.2 Å². The summed E-state index contributed by atoms with van der Waals surface area (Å²) in [4.78, 5) is 39.4. The summed E-state index contributed by atoms with van der Waals surface area (Å²) in [6.07, 6.45) is 0. The van der Waals surface area contributed by atoms with Crippen LogP contribution in [-0.4, -0.2) is 21.5 Å². The maximum absolute atomic E-state index is 13.2. The molecule has 0 radical (unpaired) electrons. The Balaban J connectivity index is 1.61. The molecule has 0 aliphatic heterocycles. The number of anilines is 1. The third-order valence-electron chi connectivity index (χ3n) is 5.53. The Labute approximate surface area is 188 Å². The molecule has 33 heavy (non-hydrogen) atoms. The van der Waals surface area contributed by atoms with Gasteiger partial charge in [-0.25, -0.2) is 0 Å². The van der Waals surface area contributed by atoms with Crippen molar-refractivity contribution < 1.29 is 14.0 Å². The summed E-state index contributed by atoms with van der Waals surface area (Å²) < 4.78 is 7.32. The Morgan fingerprint density at radius 3 is 2.33 bits per heavy atom. The number of carbonyl (C=O) groups is 2. The number of amides is 1. The lowest BCUT2D eigenvalue weighted by Gasteiger charge is -2.09. The number of hydrogen-bond acceptors (Lipinski definition) is 5. The predicted molar refractivity (Wildman–Crippen MR) is 126 cm³/mol. The van der Waals surface area contributed by atoms with Crippen LogP contribution in [-0.2, 0) is 7.05 Å². The molecule has 0 atom stereocenters. The molecule has 7 heteroatoms. The second-order valence-corrected chi connectivity index (χ2v) is 7.77. The van der Waals surface area contributed by atoms with Gasteiger partial charge in [0, 0.05) is 23.4 Å². The standard InChI is InChI=1S/C26H19N3O4/c1-15-11-13-16(14-12-15)23(30)25-21(18-8-4-6-10-20(18)33-25)27-26(32)22-24(31)17-7-3-5-9-19(17)29(2)28-22/h3-14H,1-2H3,(H,27,32). The highest BCUT2D eigenvalue weighted by atomic mass is 16.3. The molecular formula is C26H19N3O4. The van der Waals surface area contributed by atoms with Crippen LogP contribution in [0, 0.1) is 6.92 Å². The van der Waals surface area contributed by atoms with Crippen molar-refractivity contribution in [1.82, 2.24) is 9.78 Å². The number of carbonyl (C=O) groups excluding carboxylic acids is 2. The second kappa shape index (κ2) is 7.87. The average molecular weight is 437 g/mol. The summed E-state index contributed by atoms with van der Waals surface area (Å²) in [5, 5.41) is 7.83. The van der Waals surface area contributed by atoms with E-state index in [0.717, 1.165) is 5.56 Å². The molecule has 2 heterocycles. The molecule has 0 saturated heterocycles. The molecule has 5 aromatic rings. The number of benzene rings is 3. The molecule has 0 fully saturated rings. The summed E-state index contributed by atoms with van der Waals surface area (Å²) in [6, 6.07) is 21.0. The van der Waals surface area contributed by atoms with Gasteiger partial charge in [0.05, 0.1) is 11.2 Å². The van der Waals surface area contributed by atoms with Crippen LogP contribution in [0.25, 0.3) is 21.9 Å². The summed E-state index contributed by atoms with van der Waals surface area (Å²) in [7, 11) is 1.66. The van der Waals surface area contributed by atoms with Gasteiger partial charge >= 0.3 is 0 Å². The van der Waals surface area contributed by atoms with Crippen LogP contribution in [0.2, 0.25) is 0 Å². The van der Waals surface area contributed by atoms with Crippen LogP contribution >= 0.6 is 0 Å². The summed E-state index contributed by atoms with van der Waals surface area (Å²) in [5.41, 5.74) is 1.96. The van der Waals surface area contributed by atoms with E-state index in [0.29, 0.717) is 27.4 Å². The number of furan rings is 1. The van der Waals surface area contributed by atoms with Gasteiger partial charge in [0.1, 0.15) is 5.58 Å². The monoisotopic (exact) mass is 437 g/mol. The number of nitrogens with one attached hydrogen (secondary N) is 1. The van der Waals surface area contributed by atoms with Gasteiger partial charge in [-0.2, -0.15) is 5.10 Å². The molecule has 7 nitrogen and oxygen atoms in total. The van der Waals surface area contributed by atoms with Crippen LogP contribution in [0.3, 0.4) is 0 Å². The first-order valence-corrected chi connectivity index (χ1v) is 10.3. The zero-order valence-corrected chi connectivity index (χ0v) is 18.0. The fourth-order valence-electron chi connectivity index (χ4n) is 3.81. The normalized spacial score (nSPS) is 11.1. The Morgan fingerprint density at radius 2 is 1.58 bits per heavy atom. The average Bonchev–Trinajstić information content (AvgIpc) is 3.19. The van der Waals surface area contributed by atoms with E-state index in [1.807, 2.05) is 19.1 Å². The minimum atomic E-state index is -0.717. The molecule has 1 amide bonds. The first-order chi connectivity index (χ1) is 15.9. The van der Waals surface area contributed by atoms with Gasteiger partial charge < -0.3 is 9.73 Å². The first kappa shape index (κ1) is 20.4. The van der Waals surface area contributed by atoms with Gasteiger partial charge in [-0.05, 0) is 31.2 Å². The molecule has 0 aliphatic carbocycles. The van der Waals surface area contributed by atoms with Crippen molar-refractivity contribution in [3.05, 3.63) is 106 Å². The third-order valence-corrected chi connectivity index (χ3v) is 5.53. The van der Waals surface area contributed by atoms with E-state index >= 15 is 0 Å². The smallest absolute Gasteiger partial charge is 0.280 e. The molecule has 0 spiro atoms. The molecule has 162 valence electrons. The van der Waals surface area contributed by atoms with Crippen molar-refractivity contribution in [3.8, 4) is 0 Å². The first-order valence-electron chi connectivity index (χ1n) is 10.3. The quantitative estimate of drug-likeness (QED) is 0.419. The molecule has 0 bridgehead atoms. The maximum atomic E-state index is 13.2. The number of fused-ring (bicyclic) bond motifs is 2. The van der Waals surface area contributed by atoms with Crippen molar-refractivity contribution in [3.63, 3.8) is 0 Å². The Morgan fingerprint density at radius 1 is 0.909 bits per heavy atom. The lowest BCUT2D eigenvalue weighted by Crippen LogP contribution is -2.26. The third kappa shape index (κ3) is 3.49. The van der Waals surface area contributed by atoms with Crippen molar-refractivity contribution in [2.24, 2.45) is 7.05 Å². The van der Waals surface area contributed by atoms with Gasteiger partial charge in [-0.15, -0.1) is 0 Å². The van der Waals surface area contributed by atoms with Crippen molar-refractivity contribution in [2.45, 2.75) is 6.92 Å². The van der Waals surface area contributed by atoms with Gasteiger partial charge in [-0.1, -0.05) is 54.1 Å². The summed E-state index contributed by atoms with van der Waals surface area (Å²) in [6.45, 7) is 1.93. The Hall–Kier alpha value is -4.52. The number of para-hydroxylation sites is 2. The largest absolute Gasteiger partial charge is 0.450 e. The molecule has 1 N–H and O–H groups in total. The van der Waals surface area contributed by atoms with Gasteiger partial charge in [0.25, 0.3) is 5.91 Å². The van der Waals surface area contributed by atoms with Crippen LogP contribution in [0.5, 0.6) is 0 Å². The lowest BCUT2D eigenvalue weighted by atomic mass is 10.1. The van der Waals surface area contributed by atoms with E-state index in [1.165, 1.54) is 4.68 Å². The number of hydrogen-bond donors (Lipinski definition) is 1. The number of rotatable bonds is 4. The Kier molecular flexibility index (Phi) is 4.86. The van der Waals surface area contributed by atoms with Crippen molar-refractivity contribution in [2.75, 3.05) is 5.32 Å². The highest BCUT2D eigenvalue weighted by Gasteiger charge is 2.25. The minimum absolute atomic E-state index is 0.00832. The zero-order chi connectivity index (χ0) is 23.1. The zero-order valence-electron chi connectivity index (χ0n) is 18.0. The van der Waals surface area contributed by atoms with Crippen molar-refractivity contribution in [1.29, 1.82) is 0 Å². The maximum Gasteiger partial charge on any atom is 0.280 e. The molecule has 0 aliphatic rings. The number of nitrogens with zero attached hydrogens (tertiary/aromatic N) is 2. The van der Waals surface area contributed by atoms with Gasteiger partial charge in [-0.3, -0.25) is 19.1 Å². The van der Waals surface area contributed by atoms with Gasteiger partial charge in [0.2, 0.25) is 11.2 Å². The highest BCUT2D eigenvalue weighted by Crippen LogP contribution is 2.32. The van der Waals surface area contributed by atoms with E-state index in [1.54, 1.807) is 67.7 Å². The van der Waals surface area contributed by atoms with Crippen LogP contribution in [0.4, 0.5) is 5.69 Å². The fraction of sp³-hybridized carbons (Fsp3) is 0.0769. The lowest BCUT2D eigenvalue weighted by molar-refractivity contribution is 0.101. The molecule has 5 rings (SSSR count). The fourth-order valence-corrected chi connectivity index (χ4v) is 3.81. The van der Waals surface area contributed by atoms with Gasteiger partial charge in [0.15, 0.2) is 11.5 Å². The summed E-state index contributed by atoms with van der Waals surface area (Å²) in [5.74, 6) is -1.10. The minimum Gasteiger partial charge on any atom is -0.450 e. The van der Waals surface area contributed by atoms with Crippen LogP contribution in [0.15, 0.2) is 82.0 Å². The van der Waals surface area contributed by atoms with E-state index in [9.17, 15) is 14.4 Å². The molecule has 2 aromatic heterocycles.